The number of ether oxygens (including phenoxy) is 1. The van der Waals surface area contributed by atoms with Crippen LogP contribution in [0.15, 0.2) is 42.6 Å². The number of hydrogen-bond donors (Lipinski definition) is 2. The normalized spacial score (nSPS) is 10.1. The van der Waals surface area contributed by atoms with E-state index in [1.807, 2.05) is 24.3 Å². The van der Waals surface area contributed by atoms with Gasteiger partial charge in [0.25, 0.3) is 0 Å². The first kappa shape index (κ1) is 13.9. The SMILES string of the molecule is COc1ccc(CCC(=O)Nc2ncccc2O)cc1. The quantitative estimate of drug-likeness (QED) is 0.876. The van der Waals surface area contributed by atoms with Crippen LogP contribution in [0.1, 0.15) is 12.0 Å². The largest absolute Gasteiger partial charge is 0.504 e. The van der Waals surface area contributed by atoms with Gasteiger partial charge in [-0.3, -0.25) is 4.79 Å². The number of anilines is 1. The van der Waals surface area contributed by atoms with Crippen molar-refractivity contribution in [1.29, 1.82) is 0 Å². The van der Waals surface area contributed by atoms with E-state index in [1.165, 1.54) is 12.3 Å². The van der Waals surface area contributed by atoms with E-state index in [0.717, 1.165) is 11.3 Å². The van der Waals surface area contributed by atoms with Crippen LogP contribution in [0, 0.1) is 0 Å². The number of aromatic nitrogens is 1. The Morgan fingerprint density at radius 1 is 1.30 bits per heavy atom. The Labute approximate surface area is 117 Å². The molecule has 5 nitrogen and oxygen atoms in total. The Balaban J connectivity index is 1.87. The predicted octanol–water partition coefficient (Wildman–Crippen LogP) is 2.37. The van der Waals surface area contributed by atoms with Gasteiger partial charge >= 0.3 is 0 Å². The van der Waals surface area contributed by atoms with Crippen molar-refractivity contribution in [3.8, 4) is 11.5 Å². The molecule has 1 aromatic carbocycles. The van der Waals surface area contributed by atoms with Gasteiger partial charge in [0.15, 0.2) is 11.6 Å². The van der Waals surface area contributed by atoms with Crippen LogP contribution in [0.5, 0.6) is 11.5 Å². The first-order chi connectivity index (χ1) is 9.69. The van der Waals surface area contributed by atoms with Crippen LogP contribution in [0.2, 0.25) is 0 Å². The van der Waals surface area contributed by atoms with Crippen LogP contribution in [-0.4, -0.2) is 23.1 Å². The number of carbonyl (C=O) groups excluding carboxylic acids is 1. The summed E-state index contributed by atoms with van der Waals surface area (Å²) >= 11 is 0. The number of aryl methyl sites for hydroxylation is 1. The molecule has 0 aliphatic heterocycles. The summed E-state index contributed by atoms with van der Waals surface area (Å²) in [5, 5.41) is 12.1. The topological polar surface area (TPSA) is 71.5 Å². The summed E-state index contributed by atoms with van der Waals surface area (Å²) in [4.78, 5) is 15.7. The number of benzene rings is 1. The van der Waals surface area contributed by atoms with Crippen LogP contribution >= 0.6 is 0 Å². The van der Waals surface area contributed by atoms with Crippen LogP contribution in [0.25, 0.3) is 0 Å². The first-order valence-corrected chi connectivity index (χ1v) is 6.26. The third kappa shape index (κ3) is 3.71. The lowest BCUT2D eigenvalue weighted by molar-refractivity contribution is -0.116. The van der Waals surface area contributed by atoms with Crippen molar-refractivity contribution in [2.75, 3.05) is 12.4 Å². The van der Waals surface area contributed by atoms with Crippen molar-refractivity contribution in [2.45, 2.75) is 12.8 Å². The number of carbonyl (C=O) groups is 1. The van der Waals surface area contributed by atoms with Crippen LogP contribution in [0.3, 0.4) is 0 Å². The molecule has 2 aromatic rings. The van der Waals surface area contributed by atoms with E-state index in [4.69, 9.17) is 4.74 Å². The molecule has 1 amide bonds. The summed E-state index contributed by atoms with van der Waals surface area (Å²) < 4.78 is 5.07. The minimum Gasteiger partial charge on any atom is -0.504 e. The Bertz CT molecular complexity index is 582. The fourth-order valence-corrected chi connectivity index (χ4v) is 1.74. The van der Waals surface area contributed by atoms with E-state index in [-0.39, 0.29) is 17.5 Å². The van der Waals surface area contributed by atoms with Gasteiger partial charge in [0.2, 0.25) is 5.91 Å². The standard InChI is InChI=1S/C15H16N2O3/c1-20-12-7-4-11(5-8-12)6-9-14(19)17-15-13(18)3-2-10-16-15/h2-5,7-8,10,18H,6,9H2,1H3,(H,16,17,19). The fourth-order valence-electron chi connectivity index (χ4n) is 1.74. The summed E-state index contributed by atoms with van der Waals surface area (Å²) in [7, 11) is 1.61. The second-order valence-corrected chi connectivity index (χ2v) is 4.27. The van der Waals surface area contributed by atoms with E-state index in [9.17, 15) is 9.90 Å². The Kier molecular flexibility index (Phi) is 4.55. The van der Waals surface area contributed by atoms with Crippen LogP contribution in [-0.2, 0) is 11.2 Å². The average Bonchev–Trinajstić information content (AvgIpc) is 2.48. The van der Waals surface area contributed by atoms with E-state index in [2.05, 4.69) is 10.3 Å². The summed E-state index contributed by atoms with van der Waals surface area (Å²) in [6.45, 7) is 0. The van der Waals surface area contributed by atoms with Gasteiger partial charge in [-0.15, -0.1) is 0 Å². The van der Waals surface area contributed by atoms with Crippen LogP contribution < -0.4 is 10.1 Å². The van der Waals surface area contributed by atoms with Crippen LogP contribution in [0.4, 0.5) is 5.82 Å². The number of hydrogen-bond acceptors (Lipinski definition) is 4. The number of rotatable bonds is 5. The van der Waals surface area contributed by atoms with Crippen molar-refractivity contribution < 1.29 is 14.6 Å². The molecule has 0 saturated heterocycles. The summed E-state index contributed by atoms with van der Waals surface area (Å²) in [6, 6.07) is 10.6. The highest BCUT2D eigenvalue weighted by Gasteiger charge is 2.07. The van der Waals surface area contributed by atoms with Crippen molar-refractivity contribution in [3.05, 3.63) is 48.2 Å². The second-order valence-electron chi connectivity index (χ2n) is 4.27. The smallest absolute Gasteiger partial charge is 0.225 e. The van der Waals surface area contributed by atoms with E-state index in [0.29, 0.717) is 12.8 Å². The number of nitrogens with one attached hydrogen (secondary N) is 1. The molecule has 0 atom stereocenters. The maximum Gasteiger partial charge on any atom is 0.225 e. The van der Waals surface area contributed by atoms with Gasteiger partial charge in [-0.25, -0.2) is 4.98 Å². The Hall–Kier alpha value is -2.56. The molecule has 0 fully saturated rings. The highest BCUT2D eigenvalue weighted by molar-refractivity contribution is 5.91. The molecule has 1 aromatic heterocycles. The molecule has 1 heterocycles. The monoisotopic (exact) mass is 272 g/mol. The van der Waals surface area contributed by atoms with Gasteiger partial charge in [0, 0.05) is 12.6 Å². The highest BCUT2D eigenvalue weighted by atomic mass is 16.5. The molecule has 0 aliphatic carbocycles. The lowest BCUT2D eigenvalue weighted by atomic mass is 10.1. The minimum absolute atomic E-state index is 0.0368. The summed E-state index contributed by atoms with van der Waals surface area (Å²) in [5.74, 6) is 0.754. The Morgan fingerprint density at radius 3 is 2.70 bits per heavy atom. The van der Waals surface area contributed by atoms with E-state index in [1.54, 1.807) is 13.2 Å². The average molecular weight is 272 g/mol. The fraction of sp³-hybridized carbons (Fsp3) is 0.200. The van der Waals surface area contributed by atoms with E-state index < -0.39 is 0 Å². The zero-order valence-electron chi connectivity index (χ0n) is 11.2. The van der Waals surface area contributed by atoms with Crippen molar-refractivity contribution in [3.63, 3.8) is 0 Å². The number of nitrogens with zero attached hydrogens (tertiary/aromatic N) is 1. The molecule has 0 radical (unpaired) electrons. The molecule has 2 rings (SSSR count). The molecule has 0 saturated carbocycles. The van der Waals surface area contributed by atoms with Gasteiger partial charge < -0.3 is 15.2 Å². The summed E-state index contributed by atoms with van der Waals surface area (Å²) in [6.07, 6.45) is 2.45. The molecule has 5 heteroatoms. The van der Waals surface area contributed by atoms with Gasteiger partial charge in [-0.05, 0) is 36.2 Å². The van der Waals surface area contributed by atoms with Gasteiger partial charge in [0.1, 0.15) is 5.75 Å². The van der Waals surface area contributed by atoms with Gasteiger partial charge in [0.05, 0.1) is 7.11 Å². The number of methoxy groups -OCH3 is 1. The molecular weight excluding hydrogens is 256 g/mol. The molecule has 0 spiro atoms. The lowest BCUT2D eigenvalue weighted by Crippen LogP contribution is -2.13. The van der Waals surface area contributed by atoms with Gasteiger partial charge in [-0.2, -0.15) is 0 Å². The third-order valence-electron chi connectivity index (χ3n) is 2.84. The molecule has 20 heavy (non-hydrogen) atoms. The molecular formula is C15H16N2O3. The van der Waals surface area contributed by atoms with Crippen molar-refractivity contribution in [1.82, 2.24) is 4.98 Å². The predicted molar refractivity (Wildman–Crippen MR) is 75.8 cm³/mol. The van der Waals surface area contributed by atoms with Crippen molar-refractivity contribution >= 4 is 11.7 Å². The first-order valence-electron chi connectivity index (χ1n) is 6.26. The lowest BCUT2D eigenvalue weighted by Gasteiger charge is -2.06. The zero-order chi connectivity index (χ0) is 14.4. The molecule has 0 bridgehead atoms. The minimum atomic E-state index is -0.185. The Morgan fingerprint density at radius 2 is 2.05 bits per heavy atom. The van der Waals surface area contributed by atoms with E-state index >= 15 is 0 Å². The maximum atomic E-state index is 11.8. The summed E-state index contributed by atoms with van der Waals surface area (Å²) in [5.41, 5.74) is 1.05. The molecule has 0 aliphatic rings. The third-order valence-corrected chi connectivity index (χ3v) is 2.84. The highest BCUT2D eigenvalue weighted by Crippen LogP contribution is 2.18. The molecule has 104 valence electrons. The zero-order valence-corrected chi connectivity index (χ0v) is 11.2. The van der Waals surface area contributed by atoms with Crippen molar-refractivity contribution in [2.24, 2.45) is 0 Å². The number of pyridine rings is 1. The molecule has 2 N–H and O–H groups in total. The number of aromatic hydroxyl groups is 1. The molecule has 0 unspecified atom stereocenters. The second kappa shape index (κ2) is 6.56. The number of amides is 1. The maximum absolute atomic E-state index is 11.8. The van der Waals surface area contributed by atoms with Gasteiger partial charge in [-0.1, -0.05) is 12.1 Å².